The summed E-state index contributed by atoms with van der Waals surface area (Å²) in [6, 6.07) is 11.1. The molecule has 8 heteroatoms. The molecule has 2 aromatic rings. The van der Waals surface area contributed by atoms with Gasteiger partial charge in [0.25, 0.3) is 15.9 Å². The van der Waals surface area contributed by atoms with Gasteiger partial charge in [-0.3, -0.25) is 14.3 Å². The van der Waals surface area contributed by atoms with Crippen molar-refractivity contribution < 1.29 is 18.0 Å². The van der Waals surface area contributed by atoms with Gasteiger partial charge in [-0.1, -0.05) is 12.1 Å². The zero-order chi connectivity index (χ0) is 18.9. The van der Waals surface area contributed by atoms with Gasteiger partial charge in [0.05, 0.1) is 16.1 Å². The number of fused-ring (bicyclic) bond motifs is 1. The van der Waals surface area contributed by atoms with E-state index in [9.17, 15) is 18.0 Å². The third-order valence-corrected chi connectivity index (χ3v) is 5.64. The molecular formula is C18H19N3O4S. The van der Waals surface area contributed by atoms with E-state index in [0.717, 1.165) is 11.3 Å². The van der Waals surface area contributed by atoms with Crippen molar-refractivity contribution in [1.82, 2.24) is 5.32 Å². The maximum Gasteiger partial charge on any atom is 0.261 e. The van der Waals surface area contributed by atoms with E-state index in [1.54, 1.807) is 35.2 Å². The minimum Gasteiger partial charge on any atom is -0.355 e. The van der Waals surface area contributed by atoms with E-state index in [1.165, 1.54) is 26.1 Å². The Balaban J connectivity index is 1.94. The lowest BCUT2D eigenvalue weighted by Gasteiger charge is -2.15. The minimum absolute atomic E-state index is 0.0722. The molecule has 1 aliphatic heterocycles. The molecular weight excluding hydrogens is 354 g/mol. The average Bonchev–Trinajstić information content (AvgIpc) is 3.04. The van der Waals surface area contributed by atoms with Crippen molar-refractivity contribution in [3.05, 3.63) is 53.6 Å². The molecule has 2 N–H and O–H groups in total. The molecule has 0 radical (unpaired) electrons. The zero-order valence-electron chi connectivity index (χ0n) is 14.4. The first-order chi connectivity index (χ1) is 12.3. The van der Waals surface area contributed by atoms with E-state index in [-0.39, 0.29) is 28.0 Å². The van der Waals surface area contributed by atoms with Crippen molar-refractivity contribution in [2.75, 3.05) is 23.2 Å². The summed E-state index contributed by atoms with van der Waals surface area (Å²) < 4.78 is 28.0. The number of hydrogen-bond acceptors (Lipinski definition) is 4. The molecule has 1 aliphatic rings. The average molecular weight is 373 g/mol. The van der Waals surface area contributed by atoms with Crippen LogP contribution in [-0.2, 0) is 21.2 Å². The second kappa shape index (κ2) is 6.80. The Morgan fingerprint density at radius 1 is 1.12 bits per heavy atom. The number of nitrogens with one attached hydrogen (secondary N) is 2. The van der Waals surface area contributed by atoms with E-state index >= 15 is 0 Å². The number of hydrogen-bond donors (Lipinski definition) is 2. The number of benzene rings is 2. The molecule has 0 spiro atoms. The Morgan fingerprint density at radius 3 is 2.54 bits per heavy atom. The van der Waals surface area contributed by atoms with E-state index in [0.29, 0.717) is 13.0 Å². The van der Waals surface area contributed by atoms with E-state index in [1.807, 2.05) is 0 Å². The van der Waals surface area contributed by atoms with E-state index < -0.39 is 10.0 Å². The van der Waals surface area contributed by atoms with Crippen LogP contribution in [0, 0.1) is 0 Å². The molecule has 1 heterocycles. The number of carbonyl (C=O) groups is 2. The maximum atomic E-state index is 12.8. The number of amides is 2. The summed E-state index contributed by atoms with van der Waals surface area (Å²) in [4.78, 5) is 25.3. The number of anilines is 2. The summed E-state index contributed by atoms with van der Waals surface area (Å²) in [5, 5.41) is 2.49. The van der Waals surface area contributed by atoms with Crippen molar-refractivity contribution in [3.8, 4) is 0 Å². The second-order valence-electron chi connectivity index (χ2n) is 5.94. The molecule has 0 aliphatic carbocycles. The lowest BCUT2D eigenvalue weighted by Crippen LogP contribution is -2.25. The molecule has 2 aromatic carbocycles. The molecule has 0 saturated carbocycles. The van der Waals surface area contributed by atoms with Gasteiger partial charge in [0.15, 0.2) is 0 Å². The first kappa shape index (κ1) is 17.9. The predicted molar refractivity (Wildman–Crippen MR) is 98.8 cm³/mol. The summed E-state index contributed by atoms with van der Waals surface area (Å²) in [6.45, 7) is 2.03. The fourth-order valence-corrected chi connectivity index (χ4v) is 4.11. The smallest absolute Gasteiger partial charge is 0.261 e. The van der Waals surface area contributed by atoms with E-state index in [2.05, 4.69) is 10.0 Å². The topological polar surface area (TPSA) is 95.6 Å². The molecule has 0 saturated heterocycles. The first-order valence-corrected chi connectivity index (χ1v) is 9.57. The van der Waals surface area contributed by atoms with Crippen LogP contribution < -0.4 is 14.9 Å². The third-order valence-electron chi connectivity index (χ3n) is 4.28. The Kier molecular flexibility index (Phi) is 4.69. The molecule has 0 aromatic heterocycles. The highest BCUT2D eigenvalue weighted by molar-refractivity contribution is 7.92. The Hall–Kier alpha value is -2.87. The number of nitrogens with zero attached hydrogens (tertiary/aromatic N) is 1. The zero-order valence-corrected chi connectivity index (χ0v) is 15.3. The standard InChI is InChI=1S/C18H19N3O4S/c1-12(22)21-10-9-13-11-14(7-8-17(13)21)26(24,25)20-16-6-4-3-5-15(16)18(23)19-2/h3-8,11,20H,9-10H2,1-2H3,(H,19,23). The lowest BCUT2D eigenvalue weighted by atomic mass is 10.2. The van der Waals surface area contributed by atoms with Gasteiger partial charge in [-0.05, 0) is 42.3 Å². The summed E-state index contributed by atoms with van der Waals surface area (Å²) in [5.41, 5.74) is 1.99. The summed E-state index contributed by atoms with van der Waals surface area (Å²) >= 11 is 0. The highest BCUT2D eigenvalue weighted by Crippen LogP contribution is 2.31. The molecule has 26 heavy (non-hydrogen) atoms. The largest absolute Gasteiger partial charge is 0.355 e. The summed E-state index contributed by atoms with van der Waals surface area (Å²) in [7, 11) is -2.39. The van der Waals surface area contributed by atoms with Gasteiger partial charge in [-0.15, -0.1) is 0 Å². The van der Waals surface area contributed by atoms with Crippen LogP contribution in [0.4, 0.5) is 11.4 Å². The van der Waals surface area contributed by atoms with Crippen LogP contribution in [0.25, 0.3) is 0 Å². The van der Waals surface area contributed by atoms with Crippen LogP contribution in [0.3, 0.4) is 0 Å². The van der Waals surface area contributed by atoms with Crippen LogP contribution >= 0.6 is 0 Å². The van der Waals surface area contributed by atoms with Gasteiger partial charge >= 0.3 is 0 Å². The van der Waals surface area contributed by atoms with Gasteiger partial charge in [0.1, 0.15) is 0 Å². The van der Waals surface area contributed by atoms with Crippen molar-refractivity contribution in [2.45, 2.75) is 18.2 Å². The van der Waals surface area contributed by atoms with Crippen molar-refractivity contribution >= 4 is 33.2 Å². The SMILES string of the molecule is CNC(=O)c1ccccc1NS(=O)(=O)c1ccc2c(c1)CCN2C(C)=O. The molecule has 2 amide bonds. The number of para-hydroxylation sites is 1. The molecule has 0 atom stereocenters. The molecule has 3 rings (SSSR count). The molecule has 7 nitrogen and oxygen atoms in total. The lowest BCUT2D eigenvalue weighted by molar-refractivity contribution is -0.116. The van der Waals surface area contributed by atoms with Gasteiger partial charge < -0.3 is 10.2 Å². The van der Waals surface area contributed by atoms with Crippen LogP contribution in [0.15, 0.2) is 47.4 Å². The van der Waals surface area contributed by atoms with Crippen LogP contribution in [0.2, 0.25) is 0 Å². The molecule has 0 unspecified atom stereocenters. The van der Waals surface area contributed by atoms with Crippen LogP contribution in [0.1, 0.15) is 22.8 Å². The second-order valence-corrected chi connectivity index (χ2v) is 7.62. The first-order valence-electron chi connectivity index (χ1n) is 8.08. The van der Waals surface area contributed by atoms with Gasteiger partial charge in [-0.25, -0.2) is 8.42 Å². The molecule has 136 valence electrons. The van der Waals surface area contributed by atoms with Crippen molar-refractivity contribution in [1.29, 1.82) is 0 Å². The molecule has 0 bridgehead atoms. The summed E-state index contributed by atoms with van der Waals surface area (Å²) in [5.74, 6) is -0.452. The predicted octanol–water partition coefficient (Wildman–Crippen LogP) is 1.76. The fourth-order valence-electron chi connectivity index (χ4n) is 2.98. The van der Waals surface area contributed by atoms with Crippen molar-refractivity contribution in [3.63, 3.8) is 0 Å². The number of rotatable bonds is 4. The Bertz CT molecular complexity index is 986. The highest BCUT2D eigenvalue weighted by Gasteiger charge is 2.25. The normalized spacial score (nSPS) is 13.2. The number of sulfonamides is 1. The van der Waals surface area contributed by atoms with E-state index in [4.69, 9.17) is 0 Å². The maximum absolute atomic E-state index is 12.8. The van der Waals surface area contributed by atoms with Gasteiger partial charge in [0.2, 0.25) is 5.91 Å². The molecule has 0 fully saturated rings. The van der Waals surface area contributed by atoms with Crippen LogP contribution in [0.5, 0.6) is 0 Å². The van der Waals surface area contributed by atoms with Gasteiger partial charge in [-0.2, -0.15) is 0 Å². The third kappa shape index (κ3) is 3.28. The monoisotopic (exact) mass is 373 g/mol. The van der Waals surface area contributed by atoms with Crippen molar-refractivity contribution in [2.24, 2.45) is 0 Å². The fraction of sp³-hybridized carbons (Fsp3) is 0.222. The Morgan fingerprint density at radius 2 is 1.85 bits per heavy atom. The minimum atomic E-state index is -3.87. The van der Waals surface area contributed by atoms with Crippen LogP contribution in [-0.4, -0.2) is 33.8 Å². The highest BCUT2D eigenvalue weighted by atomic mass is 32.2. The quantitative estimate of drug-likeness (QED) is 0.854. The Labute approximate surface area is 152 Å². The number of carbonyl (C=O) groups excluding carboxylic acids is 2. The summed E-state index contributed by atoms with van der Waals surface area (Å²) in [6.07, 6.45) is 0.604. The van der Waals surface area contributed by atoms with Gasteiger partial charge in [0, 0.05) is 26.2 Å².